The molecule has 1 aliphatic heterocycles. The highest BCUT2D eigenvalue weighted by atomic mass is 16.2. The maximum Gasteiger partial charge on any atom is 0.325 e. The Kier molecular flexibility index (Phi) is 6.96. The molecule has 0 aliphatic carbocycles. The number of amides is 4. The molecular formula is C26H27N5O3. The Morgan fingerprint density at radius 1 is 1.03 bits per heavy atom. The standard InChI is InChI=1S/C26H27N5O3/c1-3-22(19-8-7-13-28-17-19)29-26(34)31-23(25(33)30(2)20-9-5-4-6-10-20)21(24(31)32)16-18-11-14-27-15-12-18/h4-15,17,21-23H,3,16H2,1-2H3,(H,29,34)/t21-,22?,23?/m1/s1. The molecule has 0 radical (unpaired) electrons. The van der Waals surface area contributed by atoms with Gasteiger partial charge in [0.15, 0.2) is 0 Å². The molecule has 2 aromatic heterocycles. The normalized spacial score (nSPS) is 18.1. The Morgan fingerprint density at radius 2 is 1.76 bits per heavy atom. The summed E-state index contributed by atoms with van der Waals surface area (Å²) in [6, 6.07) is 14.7. The quantitative estimate of drug-likeness (QED) is 0.549. The molecule has 3 heterocycles. The Labute approximate surface area is 198 Å². The van der Waals surface area contributed by atoms with Gasteiger partial charge in [-0.2, -0.15) is 0 Å². The predicted molar refractivity (Wildman–Crippen MR) is 128 cm³/mol. The largest absolute Gasteiger partial charge is 0.331 e. The zero-order chi connectivity index (χ0) is 24.1. The van der Waals surface area contributed by atoms with Crippen molar-refractivity contribution in [3.05, 3.63) is 90.5 Å². The van der Waals surface area contributed by atoms with Crippen LogP contribution in [0.5, 0.6) is 0 Å². The number of hydrogen-bond acceptors (Lipinski definition) is 5. The van der Waals surface area contributed by atoms with Gasteiger partial charge in [0.2, 0.25) is 5.91 Å². The van der Waals surface area contributed by atoms with E-state index in [9.17, 15) is 14.4 Å². The summed E-state index contributed by atoms with van der Waals surface area (Å²) in [5.74, 6) is -1.31. The highest BCUT2D eigenvalue weighted by Crippen LogP contribution is 2.33. The van der Waals surface area contributed by atoms with Crippen LogP contribution in [0.15, 0.2) is 79.4 Å². The van der Waals surface area contributed by atoms with E-state index in [1.165, 1.54) is 4.90 Å². The minimum absolute atomic E-state index is 0.311. The highest BCUT2D eigenvalue weighted by Gasteiger charge is 2.55. The van der Waals surface area contributed by atoms with Crippen LogP contribution in [-0.2, 0) is 16.0 Å². The fraction of sp³-hybridized carbons (Fsp3) is 0.269. The van der Waals surface area contributed by atoms with Gasteiger partial charge in [-0.3, -0.25) is 24.5 Å². The Morgan fingerprint density at radius 3 is 2.41 bits per heavy atom. The van der Waals surface area contributed by atoms with Gasteiger partial charge in [-0.15, -0.1) is 0 Å². The second-order valence-electron chi connectivity index (χ2n) is 8.25. The number of carbonyl (C=O) groups excluding carboxylic acids is 3. The van der Waals surface area contributed by atoms with Crippen LogP contribution in [0.25, 0.3) is 0 Å². The molecule has 0 bridgehead atoms. The summed E-state index contributed by atoms with van der Waals surface area (Å²) in [5.41, 5.74) is 2.41. The zero-order valence-corrected chi connectivity index (χ0v) is 19.2. The number of benzene rings is 1. The predicted octanol–water partition coefficient (Wildman–Crippen LogP) is 3.37. The number of anilines is 1. The molecule has 0 saturated carbocycles. The number of rotatable bonds is 7. The molecule has 1 fully saturated rings. The Bertz CT molecular complexity index is 1140. The Hall–Kier alpha value is -4.07. The minimum atomic E-state index is -0.905. The van der Waals surface area contributed by atoms with Crippen LogP contribution in [0.3, 0.4) is 0 Å². The van der Waals surface area contributed by atoms with E-state index < -0.39 is 18.0 Å². The SMILES string of the molecule is CCC(NC(=O)N1C(=O)[C@H](Cc2ccncc2)C1C(=O)N(C)c1ccccc1)c1cccnc1. The maximum absolute atomic E-state index is 13.5. The highest BCUT2D eigenvalue weighted by molar-refractivity contribution is 6.12. The third kappa shape index (κ3) is 4.66. The first kappa shape index (κ1) is 23.1. The van der Waals surface area contributed by atoms with Gasteiger partial charge >= 0.3 is 6.03 Å². The molecule has 3 aromatic rings. The molecule has 1 saturated heterocycles. The molecule has 174 valence electrons. The van der Waals surface area contributed by atoms with E-state index >= 15 is 0 Å². The molecule has 3 atom stereocenters. The second kappa shape index (κ2) is 10.2. The smallest absolute Gasteiger partial charge is 0.325 e. The van der Waals surface area contributed by atoms with Crippen molar-refractivity contribution >= 4 is 23.5 Å². The molecule has 34 heavy (non-hydrogen) atoms. The van der Waals surface area contributed by atoms with Crippen LogP contribution in [0.1, 0.15) is 30.5 Å². The molecule has 1 aromatic carbocycles. The third-order valence-electron chi connectivity index (χ3n) is 6.16. The molecular weight excluding hydrogens is 430 g/mol. The molecule has 2 unspecified atom stereocenters. The van der Waals surface area contributed by atoms with E-state index in [-0.39, 0.29) is 17.9 Å². The number of hydrogen-bond donors (Lipinski definition) is 1. The van der Waals surface area contributed by atoms with Crippen LogP contribution in [0.4, 0.5) is 10.5 Å². The average molecular weight is 458 g/mol. The van der Waals surface area contributed by atoms with Crippen molar-refractivity contribution in [1.29, 1.82) is 0 Å². The van der Waals surface area contributed by atoms with Crippen molar-refractivity contribution in [2.75, 3.05) is 11.9 Å². The molecule has 1 aliphatic rings. The molecule has 4 rings (SSSR count). The van der Waals surface area contributed by atoms with Crippen LogP contribution in [0, 0.1) is 5.92 Å². The van der Waals surface area contributed by atoms with Gasteiger partial charge in [-0.25, -0.2) is 4.79 Å². The van der Waals surface area contributed by atoms with Gasteiger partial charge in [0.25, 0.3) is 5.91 Å². The van der Waals surface area contributed by atoms with Crippen LogP contribution in [0.2, 0.25) is 0 Å². The van der Waals surface area contributed by atoms with Gasteiger partial charge < -0.3 is 10.2 Å². The Balaban J connectivity index is 1.58. The van der Waals surface area contributed by atoms with Gasteiger partial charge in [0.1, 0.15) is 6.04 Å². The summed E-state index contributed by atoms with van der Waals surface area (Å²) in [4.78, 5) is 50.6. The van der Waals surface area contributed by atoms with Crippen molar-refractivity contribution < 1.29 is 14.4 Å². The maximum atomic E-state index is 13.5. The number of likely N-dealkylation sites (N-methyl/N-ethyl adjacent to an activating group) is 1. The van der Waals surface area contributed by atoms with Crippen LogP contribution in [-0.4, -0.2) is 45.8 Å². The first-order chi connectivity index (χ1) is 16.5. The summed E-state index contributed by atoms with van der Waals surface area (Å²) in [5, 5.41) is 2.91. The van der Waals surface area contributed by atoms with E-state index in [0.29, 0.717) is 18.5 Å². The van der Waals surface area contributed by atoms with Crippen molar-refractivity contribution in [3.63, 3.8) is 0 Å². The summed E-state index contributed by atoms with van der Waals surface area (Å²) < 4.78 is 0. The first-order valence-corrected chi connectivity index (χ1v) is 11.3. The number of urea groups is 1. The number of nitrogens with zero attached hydrogens (tertiary/aromatic N) is 4. The lowest BCUT2D eigenvalue weighted by Crippen LogP contribution is -2.70. The minimum Gasteiger partial charge on any atom is -0.331 e. The summed E-state index contributed by atoms with van der Waals surface area (Å²) >= 11 is 0. The van der Waals surface area contributed by atoms with Crippen molar-refractivity contribution in [3.8, 4) is 0 Å². The number of pyridine rings is 2. The number of carbonyl (C=O) groups is 3. The van der Waals surface area contributed by atoms with E-state index in [1.807, 2.05) is 55.5 Å². The number of para-hydroxylation sites is 1. The number of imide groups is 1. The lowest BCUT2D eigenvalue weighted by Gasteiger charge is -2.46. The van der Waals surface area contributed by atoms with E-state index in [0.717, 1.165) is 16.0 Å². The van der Waals surface area contributed by atoms with Gasteiger partial charge in [-0.1, -0.05) is 31.2 Å². The molecule has 8 nitrogen and oxygen atoms in total. The lowest BCUT2D eigenvalue weighted by atomic mass is 9.81. The summed E-state index contributed by atoms with van der Waals surface area (Å²) in [7, 11) is 1.66. The average Bonchev–Trinajstić information content (AvgIpc) is 2.89. The van der Waals surface area contributed by atoms with Gasteiger partial charge in [0, 0.05) is 37.5 Å². The van der Waals surface area contributed by atoms with Gasteiger partial charge in [-0.05, 0) is 54.3 Å². The van der Waals surface area contributed by atoms with Gasteiger partial charge in [0.05, 0.1) is 12.0 Å². The third-order valence-corrected chi connectivity index (χ3v) is 6.16. The number of likely N-dealkylation sites (tertiary alicyclic amines) is 1. The molecule has 4 amide bonds. The first-order valence-electron chi connectivity index (χ1n) is 11.3. The molecule has 0 spiro atoms. The van der Waals surface area contributed by atoms with Crippen LogP contribution >= 0.6 is 0 Å². The zero-order valence-electron chi connectivity index (χ0n) is 19.2. The lowest BCUT2D eigenvalue weighted by molar-refractivity contribution is -0.156. The fourth-order valence-corrected chi connectivity index (χ4v) is 4.23. The van der Waals surface area contributed by atoms with E-state index in [1.54, 1.807) is 37.9 Å². The van der Waals surface area contributed by atoms with E-state index in [2.05, 4.69) is 15.3 Å². The number of β-lactam (4-membered cyclic amide) rings is 1. The van der Waals surface area contributed by atoms with Crippen molar-refractivity contribution in [2.45, 2.75) is 31.8 Å². The van der Waals surface area contributed by atoms with E-state index in [4.69, 9.17) is 0 Å². The topological polar surface area (TPSA) is 95.5 Å². The number of aromatic nitrogens is 2. The van der Waals surface area contributed by atoms with Crippen LogP contribution < -0.4 is 10.2 Å². The summed E-state index contributed by atoms with van der Waals surface area (Å²) in [6.07, 6.45) is 7.61. The molecule has 1 N–H and O–H groups in total. The number of nitrogens with one attached hydrogen (secondary N) is 1. The second-order valence-corrected chi connectivity index (χ2v) is 8.25. The van der Waals surface area contributed by atoms with Crippen molar-refractivity contribution in [2.24, 2.45) is 5.92 Å². The fourth-order valence-electron chi connectivity index (χ4n) is 4.23. The van der Waals surface area contributed by atoms with Crippen molar-refractivity contribution in [1.82, 2.24) is 20.2 Å². The monoisotopic (exact) mass is 457 g/mol. The molecule has 8 heteroatoms. The summed E-state index contributed by atoms with van der Waals surface area (Å²) in [6.45, 7) is 1.94.